The Morgan fingerprint density at radius 2 is 1.38 bits per heavy atom. The van der Waals surface area contributed by atoms with Crippen LogP contribution in [-0.4, -0.2) is 36.7 Å². The van der Waals surface area contributed by atoms with Crippen molar-refractivity contribution in [3.63, 3.8) is 0 Å². The molecule has 10 heteroatoms. The van der Waals surface area contributed by atoms with Crippen LogP contribution in [0.1, 0.15) is 17.2 Å². The minimum absolute atomic E-state index is 0.0407. The highest BCUT2D eigenvalue weighted by atomic mass is 16.5. The molecule has 0 saturated carbocycles. The highest BCUT2D eigenvalue weighted by Crippen LogP contribution is 2.51. The van der Waals surface area contributed by atoms with Crippen molar-refractivity contribution in [2.24, 2.45) is 0 Å². The van der Waals surface area contributed by atoms with E-state index in [1.807, 2.05) is 0 Å². The molecule has 0 radical (unpaired) electrons. The summed E-state index contributed by atoms with van der Waals surface area (Å²) in [6.07, 6.45) is -2.23. The summed E-state index contributed by atoms with van der Waals surface area (Å²) in [5.41, 5.74) is 1.37. The molecule has 6 N–H and O–H groups in total. The molecule has 0 saturated heterocycles. The minimum atomic E-state index is -1.14. The fourth-order valence-corrected chi connectivity index (χ4v) is 5.43. The van der Waals surface area contributed by atoms with Gasteiger partial charge in [-0.3, -0.25) is 4.79 Å². The Hall–Kier alpha value is -5.61. The molecule has 42 heavy (non-hydrogen) atoms. The normalized spacial score (nSPS) is 16.4. The van der Waals surface area contributed by atoms with Gasteiger partial charge >= 0.3 is 0 Å². The zero-order valence-corrected chi connectivity index (χ0v) is 21.6. The largest absolute Gasteiger partial charge is 0.508 e. The van der Waals surface area contributed by atoms with E-state index in [1.165, 1.54) is 42.5 Å². The van der Waals surface area contributed by atoms with Crippen LogP contribution < -0.4 is 10.2 Å². The number of fused-ring (bicyclic) bond motifs is 1. The van der Waals surface area contributed by atoms with Gasteiger partial charge in [0, 0.05) is 35.7 Å². The standard InChI is InChI=1S/C32H22O10/c33-17-4-1-14(2-5-17)25-8-16-9-26(41-28-11-18(34)10-27(40-25)29(16)28)30-23(38)13-21(36)19-12-24(39)31(42-32(19)30)15-3-6-20(35)22(37)7-15/h1-11,13,24,31,33,35-39H,12H2. The number of benzene rings is 4. The molecule has 2 aromatic heterocycles. The van der Waals surface area contributed by atoms with Crippen molar-refractivity contribution in [3.8, 4) is 57.1 Å². The van der Waals surface area contributed by atoms with E-state index in [-0.39, 0.29) is 68.7 Å². The van der Waals surface area contributed by atoms with Crippen LogP contribution in [0.3, 0.4) is 0 Å². The van der Waals surface area contributed by atoms with Crippen LogP contribution in [0.25, 0.3) is 44.6 Å². The lowest BCUT2D eigenvalue weighted by atomic mass is 9.91. The molecule has 1 aliphatic rings. The maximum Gasteiger partial charge on any atom is 0.186 e. The van der Waals surface area contributed by atoms with E-state index >= 15 is 0 Å². The number of hydrogen-bond donors (Lipinski definition) is 6. The molecule has 210 valence electrons. The summed E-state index contributed by atoms with van der Waals surface area (Å²) in [6, 6.07) is 17.5. The molecule has 10 nitrogen and oxygen atoms in total. The van der Waals surface area contributed by atoms with Crippen molar-refractivity contribution >= 4 is 21.9 Å². The van der Waals surface area contributed by atoms with Crippen molar-refractivity contribution in [2.45, 2.75) is 18.6 Å². The van der Waals surface area contributed by atoms with Crippen LogP contribution in [-0.2, 0) is 6.42 Å². The van der Waals surface area contributed by atoms with Crippen LogP contribution in [0.5, 0.6) is 34.5 Å². The topological polar surface area (TPSA) is 174 Å². The summed E-state index contributed by atoms with van der Waals surface area (Å²) >= 11 is 0. The van der Waals surface area contributed by atoms with Gasteiger partial charge in [-0.2, -0.15) is 0 Å². The van der Waals surface area contributed by atoms with Crippen LogP contribution in [0, 0.1) is 0 Å². The first-order valence-electron chi connectivity index (χ1n) is 12.9. The molecule has 2 atom stereocenters. The van der Waals surface area contributed by atoms with E-state index in [2.05, 4.69) is 0 Å². The van der Waals surface area contributed by atoms with Crippen molar-refractivity contribution in [3.05, 3.63) is 94.1 Å². The minimum Gasteiger partial charge on any atom is -0.508 e. The predicted octanol–water partition coefficient (Wildman–Crippen LogP) is 5.44. The second-order valence-corrected chi connectivity index (χ2v) is 10.2. The smallest absolute Gasteiger partial charge is 0.186 e. The number of phenols is 5. The zero-order chi connectivity index (χ0) is 29.3. The number of phenolic OH excluding ortho intramolecular Hbond substituents is 5. The molecule has 0 amide bonds. The Labute approximate surface area is 236 Å². The average molecular weight is 567 g/mol. The summed E-state index contributed by atoms with van der Waals surface area (Å²) in [6.45, 7) is 0. The van der Waals surface area contributed by atoms with Gasteiger partial charge < -0.3 is 44.2 Å². The first kappa shape index (κ1) is 25.4. The molecular formula is C32H22O10. The fraction of sp³-hybridized carbons (Fsp3) is 0.0938. The first-order chi connectivity index (χ1) is 20.2. The van der Waals surface area contributed by atoms with Gasteiger partial charge in [-0.25, -0.2) is 0 Å². The highest BCUT2D eigenvalue weighted by molar-refractivity contribution is 6.07. The van der Waals surface area contributed by atoms with Crippen molar-refractivity contribution < 1.29 is 44.2 Å². The molecule has 0 bridgehead atoms. The molecule has 0 fully saturated rings. The van der Waals surface area contributed by atoms with Crippen LogP contribution >= 0.6 is 0 Å². The molecular weight excluding hydrogens is 544 g/mol. The monoisotopic (exact) mass is 566 g/mol. The summed E-state index contributed by atoms with van der Waals surface area (Å²) < 4.78 is 18.3. The number of rotatable bonds is 3. The maximum atomic E-state index is 12.6. The first-order valence-corrected chi connectivity index (χ1v) is 12.9. The van der Waals surface area contributed by atoms with E-state index in [9.17, 15) is 35.4 Å². The number of aliphatic hydroxyl groups excluding tert-OH is 1. The van der Waals surface area contributed by atoms with Crippen molar-refractivity contribution in [1.82, 2.24) is 0 Å². The van der Waals surface area contributed by atoms with E-state index in [1.54, 1.807) is 24.3 Å². The van der Waals surface area contributed by atoms with Gasteiger partial charge in [0.2, 0.25) is 0 Å². The average Bonchev–Trinajstić information content (AvgIpc) is 2.94. The van der Waals surface area contributed by atoms with Gasteiger partial charge in [0.25, 0.3) is 0 Å². The molecule has 1 aliphatic heterocycles. The zero-order valence-electron chi connectivity index (χ0n) is 21.6. The van der Waals surface area contributed by atoms with E-state index < -0.39 is 18.0 Å². The molecule has 4 aromatic carbocycles. The number of aliphatic hydroxyl groups is 1. The van der Waals surface area contributed by atoms with Crippen molar-refractivity contribution in [2.75, 3.05) is 0 Å². The lowest BCUT2D eigenvalue weighted by Gasteiger charge is -2.32. The Kier molecular flexibility index (Phi) is 5.57. The quantitative estimate of drug-likeness (QED) is 0.151. The summed E-state index contributed by atoms with van der Waals surface area (Å²) in [5, 5.41) is 63.2. The fourth-order valence-electron chi connectivity index (χ4n) is 5.43. The third-order valence-corrected chi connectivity index (χ3v) is 7.41. The Balaban J connectivity index is 1.45. The predicted molar refractivity (Wildman–Crippen MR) is 151 cm³/mol. The second kappa shape index (κ2) is 9.22. The maximum absolute atomic E-state index is 12.6. The lowest BCUT2D eigenvalue weighted by Crippen LogP contribution is -2.30. The molecule has 7 rings (SSSR count). The van der Waals surface area contributed by atoms with Gasteiger partial charge in [-0.15, -0.1) is 0 Å². The number of aromatic hydroxyl groups is 5. The van der Waals surface area contributed by atoms with E-state index in [0.717, 1.165) is 6.07 Å². The third kappa shape index (κ3) is 4.04. The highest BCUT2D eigenvalue weighted by Gasteiger charge is 2.36. The Morgan fingerprint density at radius 3 is 2.10 bits per heavy atom. The molecule has 6 aromatic rings. The third-order valence-electron chi connectivity index (χ3n) is 7.41. The Bertz CT molecular complexity index is 2090. The molecule has 2 unspecified atom stereocenters. The molecule has 0 aliphatic carbocycles. The summed E-state index contributed by atoms with van der Waals surface area (Å²) in [4.78, 5) is 12.6. The lowest BCUT2D eigenvalue weighted by molar-refractivity contribution is 0.0200. The molecule has 0 spiro atoms. The molecule has 3 heterocycles. The van der Waals surface area contributed by atoms with Gasteiger partial charge in [0.15, 0.2) is 16.9 Å². The number of hydrogen-bond acceptors (Lipinski definition) is 10. The van der Waals surface area contributed by atoms with Gasteiger partial charge in [-0.1, -0.05) is 6.07 Å². The Morgan fingerprint density at radius 1 is 0.690 bits per heavy atom. The SMILES string of the molecule is O=c1cc2oc(-c3ccc(O)cc3)cc3cc(-c4c(O)cc(O)c5c4OC(c4ccc(O)c(O)c4)C(O)C5)oc(c1)c32. The number of ether oxygens (including phenoxy) is 1. The summed E-state index contributed by atoms with van der Waals surface area (Å²) in [5.74, 6) is -0.780. The second-order valence-electron chi connectivity index (χ2n) is 10.2. The van der Waals surface area contributed by atoms with E-state index in [0.29, 0.717) is 27.7 Å². The van der Waals surface area contributed by atoms with Crippen LogP contribution in [0.4, 0.5) is 0 Å². The summed E-state index contributed by atoms with van der Waals surface area (Å²) in [7, 11) is 0. The van der Waals surface area contributed by atoms with Crippen molar-refractivity contribution in [1.29, 1.82) is 0 Å². The van der Waals surface area contributed by atoms with Crippen LogP contribution in [0.2, 0.25) is 0 Å². The van der Waals surface area contributed by atoms with Crippen LogP contribution in [0.15, 0.2) is 86.4 Å². The van der Waals surface area contributed by atoms with Gasteiger partial charge in [0.1, 0.15) is 57.4 Å². The van der Waals surface area contributed by atoms with E-state index in [4.69, 9.17) is 13.6 Å². The van der Waals surface area contributed by atoms with Gasteiger partial charge in [0.05, 0.1) is 11.5 Å². The van der Waals surface area contributed by atoms with Gasteiger partial charge in [-0.05, 0) is 59.5 Å².